The molecule has 0 radical (unpaired) electrons. The van der Waals surface area contributed by atoms with Gasteiger partial charge in [-0.1, -0.05) is 24.6 Å². The van der Waals surface area contributed by atoms with Crippen molar-refractivity contribution in [1.82, 2.24) is 9.55 Å². The maximum absolute atomic E-state index is 13.6. The maximum Gasteiger partial charge on any atom is 0.129 e. The molecule has 1 aromatic heterocycles. The molecule has 0 aliphatic heterocycles. The molecule has 0 atom stereocenters. The number of rotatable bonds is 3. The van der Waals surface area contributed by atoms with Crippen LogP contribution in [0.4, 0.5) is 4.39 Å². The molecule has 0 N–H and O–H groups in total. The summed E-state index contributed by atoms with van der Waals surface area (Å²) >= 11 is 5.70. The van der Waals surface area contributed by atoms with Crippen molar-refractivity contribution < 1.29 is 4.39 Å². The van der Waals surface area contributed by atoms with Crippen LogP contribution in [0.15, 0.2) is 30.6 Å². The first-order valence-corrected chi connectivity index (χ1v) is 5.52. The number of hydrogen-bond donors (Lipinski definition) is 0. The van der Waals surface area contributed by atoms with Crippen LogP contribution in [0.2, 0.25) is 5.02 Å². The normalized spacial score (nSPS) is 10.7. The minimum atomic E-state index is -0.275. The number of aryl methyl sites for hydroxylation is 1. The summed E-state index contributed by atoms with van der Waals surface area (Å²) in [6, 6.07) is 4.74. The second kappa shape index (κ2) is 4.66. The average Bonchev–Trinajstić information content (AvgIpc) is 2.69. The Labute approximate surface area is 98.7 Å². The largest absolute Gasteiger partial charge is 0.330 e. The summed E-state index contributed by atoms with van der Waals surface area (Å²) in [6.45, 7) is 2.52. The number of halogens is 2. The molecule has 0 fully saturated rings. The first kappa shape index (κ1) is 11.1. The highest BCUT2D eigenvalue weighted by Crippen LogP contribution is 2.16. The molecule has 0 aliphatic carbocycles. The summed E-state index contributed by atoms with van der Waals surface area (Å²) < 4.78 is 15.5. The smallest absolute Gasteiger partial charge is 0.129 e. The van der Waals surface area contributed by atoms with Crippen molar-refractivity contribution in [3.05, 3.63) is 52.8 Å². The molecule has 4 heteroatoms. The van der Waals surface area contributed by atoms with Gasteiger partial charge in [0, 0.05) is 29.4 Å². The van der Waals surface area contributed by atoms with Gasteiger partial charge in [0.2, 0.25) is 0 Å². The van der Waals surface area contributed by atoms with Gasteiger partial charge < -0.3 is 4.57 Å². The number of hydrogen-bond acceptors (Lipinski definition) is 1. The molecule has 0 saturated carbocycles. The highest BCUT2D eigenvalue weighted by molar-refractivity contribution is 6.30. The van der Waals surface area contributed by atoms with E-state index in [1.807, 2.05) is 17.7 Å². The van der Waals surface area contributed by atoms with Crippen molar-refractivity contribution in [2.75, 3.05) is 0 Å². The summed E-state index contributed by atoms with van der Waals surface area (Å²) in [6.07, 6.45) is 4.42. The molecule has 1 aromatic carbocycles. The van der Waals surface area contributed by atoms with Crippen LogP contribution in [0.5, 0.6) is 0 Å². The van der Waals surface area contributed by atoms with Crippen molar-refractivity contribution in [2.24, 2.45) is 0 Å². The molecule has 84 valence electrons. The van der Waals surface area contributed by atoms with Crippen molar-refractivity contribution in [3.8, 4) is 0 Å². The van der Waals surface area contributed by atoms with Gasteiger partial charge in [0.1, 0.15) is 11.6 Å². The standard InChI is InChI=1S/C12H12ClFN2/c1-2-12-15-5-6-16(12)8-9-3-4-10(13)7-11(9)14/h3-7H,2,8H2,1H3. The highest BCUT2D eigenvalue weighted by atomic mass is 35.5. The van der Waals surface area contributed by atoms with E-state index < -0.39 is 0 Å². The fourth-order valence-corrected chi connectivity index (χ4v) is 1.79. The number of aromatic nitrogens is 2. The minimum Gasteiger partial charge on any atom is -0.330 e. The SMILES string of the molecule is CCc1nccn1Cc1ccc(Cl)cc1F. The van der Waals surface area contributed by atoms with E-state index in [0.717, 1.165) is 12.2 Å². The zero-order valence-corrected chi connectivity index (χ0v) is 9.71. The van der Waals surface area contributed by atoms with Crippen molar-refractivity contribution in [1.29, 1.82) is 0 Å². The van der Waals surface area contributed by atoms with Gasteiger partial charge in [0.05, 0.1) is 6.54 Å². The Morgan fingerprint density at radius 2 is 2.25 bits per heavy atom. The predicted octanol–water partition coefficient (Wildman–Crippen LogP) is 3.29. The Kier molecular flexibility index (Phi) is 3.25. The molecule has 2 aromatic rings. The van der Waals surface area contributed by atoms with Crippen LogP contribution in [-0.4, -0.2) is 9.55 Å². The molecule has 2 rings (SSSR count). The molecule has 0 amide bonds. The lowest BCUT2D eigenvalue weighted by Gasteiger charge is -2.07. The van der Waals surface area contributed by atoms with Crippen molar-refractivity contribution in [2.45, 2.75) is 19.9 Å². The van der Waals surface area contributed by atoms with E-state index in [-0.39, 0.29) is 5.82 Å². The first-order valence-electron chi connectivity index (χ1n) is 5.14. The summed E-state index contributed by atoms with van der Waals surface area (Å²) in [5, 5.41) is 0.419. The summed E-state index contributed by atoms with van der Waals surface area (Å²) in [5.74, 6) is 0.678. The van der Waals surface area contributed by atoms with E-state index in [1.165, 1.54) is 6.07 Å². The second-order valence-corrected chi connectivity index (χ2v) is 4.00. The van der Waals surface area contributed by atoms with E-state index in [4.69, 9.17) is 11.6 Å². The molecular weight excluding hydrogens is 227 g/mol. The predicted molar refractivity (Wildman–Crippen MR) is 62.1 cm³/mol. The van der Waals surface area contributed by atoms with Gasteiger partial charge in [0.25, 0.3) is 0 Å². The summed E-state index contributed by atoms with van der Waals surface area (Å²) in [7, 11) is 0. The lowest BCUT2D eigenvalue weighted by Crippen LogP contribution is -2.04. The van der Waals surface area contributed by atoms with E-state index in [1.54, 1.807) is 18.3 Å². The fraction of sp³-hybridized carbons (Fsp3) is 0.250. The van der Waals surface area contributed by atoms with Crippen LogP contribution in [0, 0.1) is 5.82 Å². The third kappa shape index (κ3) is 2.25. The molecule has 0 saturated heterocycles. The summed E-state index contributed by atoms with van der Waals surface area (Å²) in [5.41, 5.74) is 0.622. The van der Waals surface area contributed by atoms with E-state index in [2.05, 4.69) is 4.98 Å². The summed E-state index contributed by atoms with van der Waals surface area (Å²) in [4.78, 5) is 4.19. The van der Waals surface area contributed by atoms with Crippen LogP contribution in [0.1, 0.15) is 18.3 Å². The first-order chi connectivity index (χ1) is 7.70. The van der Waals surface area contributed by atoms with E-state index in [9.17, 15) is 4.39 Å². The number of imidazole rings is 1. The molecule has 16 heavy (non-hydrogen) atoms. The van der Waals surface area contributed by atoms with Gasteiger partial charge in [-0.3, -0.25) is 0 Å². The molecule has 0 aliphatic rings. The van der Waals surface area contributed by atoms with Gasteiger partial charge in [-0.2, -0.15) is 0 Å². The molecular formula is C12H12ClFN2. The van der Waals surface area contributed by atoms with E-state index >= 15 is 0 Å². The Bertz CT molecular complexity index is 494. The Hall–Kier alpha value is -1.35. The minimum absolute atomic E-state index is 0.275. The molecule has 1 heterocycles. The topological polar surface area (TPSA) is 17.8 Å². The average molecular weight is 239 g/mol. The third-order valence-corrected chi connectivity index (χ3v) is 2.71. The molecule has 0 spiro atoms. The van der Waals surface area contributed by atoms with Gasteiger partial charge in [-0.25, -0.2) is 9.37 Å². The van der Waals surface area contributed by atoms with Crippen LogP contribution < -0.4 is 0 Å². The molecule has 2 nitrogen and oxygen atoms in total. The zero-order valence-electron chi connectivity index (χ0n) is 8.95. The highest BCUT2D eigenvalue weighted by Gasteiger charge is 2.06. The van der Waals surface area contributed by atoms with Gasteiger partial charge >= 0.3 is 0 Å². The Balaban J connectivity index is 2.27. The van der Waals surface area contributed by atoms with Gasteiger partial charge in [-0.15, -0.1) is 0 Å². The Morgan fingerprint density at radius 1 is 1.44 bits per heavy atom. The molecule has 0 unspecified atom stereocenters. The van der Waals surface area contributed by atoms with Crippen LogP contribution >= 0.6 is 11.6 Å². The lowest BCUT2D eigenvalue weighted by molar-refractivity contribution is 0.595. The van der Waals surface area contributed by atoms with Gasteiger partial charge in [0.15, 0.2) is 0 Å². The quantitative estimate of drug-likeness (QED) is 0.803. The van der Waals surface area contributed by atoms with Gasteiger partial charge in [-0.05, 0) is 12.1 Å². The fourth-order valence-electron chi connectivity index (χ4n) is 1.63. The second-order valence-electron chi connectivity index (χ2n) is 3.56. The zero-order chi connectivity index (χ0) is 11.5. The van der Waals surface area contributed by atoms with Crippen molar-refractivity contribution >= 4 is 11.6 Å². The van der Waals surface area contributed by atoms with Crippen LogP contribution in [-0.2, 0) is 13.0 Å². The maximum atomic E-state index is 13.6. The lowest BCUT2D eigenvalue weighted by atomic mass is 10.2. The number of nitrogens with zero attached hydrogens (tertiary/aromatic N) is 2. The van der Waals surface area contributed by atoms with Crippen molar-refractivity contribution in [3.63, 3.8) is 0 Å². The Morgan fingerprint density at radius 3 is 2.94 bits per heavy atom. The third-order valence-electron chi connectivity index (χ3n) is 2.47. The van der Waals surface area contributed by atoms with Crippen LogP contribution in [0.3, 0.4) is 0 Å². The van der Waals surface area contributed by atoms with E-state index in [0.29, 0.717) is 17.1 Å². The number of benzene rings is 1. The van der Waals surface area contributed by atoms with Crippen LogP contribution in [0.25, 0.3) is 0 Å². The monoisotopic (exact) mass is 238 g/mol. The molecule has 0 bridgehead atoms.